The molecule has 1 N–H and O–H groups in total. The molecule has 0 aliphatic rings. The molecule has 3 aromatic carbocycles. The predicted molar refractivity (Wildman–Crippen MR) is 125 cm³/mol. The van der Waals surface area contributed by atoms with Crippen LogP contribution in [0.5, 0.6) is 5.75 Å². The molecule has 5 aromatic rings. The van der Waals surface area contributed by atoms with Gasteiger partial charge >= 0.3 is 0 Å². The molecular weight excluding hydrogens is 398 g/mol. The Kier molecular flexibility index (Phi) is 5.58. The number of benzene rings is 3. The van der Waals surface area contributed by atoms with Crippen LogP contribution in [0, 0.1) is 0 Å². The monoisotopic (exact) mass is 421 g/mol. The first-order chi connectivity index (χ1) is 15.8. The molecule has 32 heavy (non-hydrogen) atoms. The van der Waals surface area contributed by atoms with Gasteiger partial charge in [-0.25, -0.2) is 0 Å². The molecule has 0 radical (unpaired) electrons. The number of nitrogens with zero attached hydrogens (tertiary/aromatic N) is 4. The molecule has 0 fully saturated rings. The van der Waals surface area contributed by atoms with Crippen LogP contribution in [0.3, 0.4) is 0 Å². The highest BCUT2D eigenvalue weighted by atomic mass is 16.5. The van der Waals surface area contributed by atoms with Crippen molar-refractivity contribution in [3.8, 4) is 28.3 Å². The average molecular weight is 422 g/mol. The van der Waals surface area contributed by atoms with Gasteiger partial charge in [0, 0.05) is 22.7 Å². The fraction of sp³-hybridized carbons (Fsp3) is 0.154. The highest BCUT2D eigenvalue weighted by Gasteiger charge is 2.11. The van der Waals surface area contributed by atoms with Crippen LogP contribution in [0.4, 0.5) is 0 Å². The second-order valence-electron chi connectivity index (χ2n) is 7.65. The number of hydrogen-bond donors (Lipinski definition) is 1. The van der Waals surface area contributed by atoms with E-state index in [4.69, 9.17) is 9.72 Å². The van der Waals surface area contributed by atoms with Gasteiger partial charge in [0.1, 0.15) is 12.4 Å². The molecule has 5 rings (SSSR count). The smallest absolute Gasteiger partial charge is 0.205 e. The molecule has 0 spiro atoms. The summed E-state index contributed by atoms with van der Waals surface area (Å²) in [7, 11) is 0. The number of para-hydroxylation sites is 1. The van der Waals surface area contributed by atoms with Crippen LogP contribution >= 0.6 is 0 Å². The first kappa shape index (κ1) is 19.9. The van der Waals surface area contributed by atoms with Crippen LogP contribution in [0.15, 0.2) is 78.9 Å². The third-order valence-corrected chi connectivity index (χ3v) is 5.41. The minimum atomic E-state index is 0.492. The van der Waals surface area contributed by atoms with E-state index in [1.54, 1.807) is 0 Å². The Hall–Kier alpha value is -4.06. The minimum Gasteiger partial charge on any atom is -0.488 e. The Balaban J connectivity index is 1.38. The van der Waals surface area contributed by atoms with E-state index < -0.39 is 0 Å². The Bertz CT molecular complexity index is 1330. The number of aromatic amines is 1. The van der Waals surface area contributed by atoms with Crippen molar-refractivity contribution in [1.82, 2.24) is 25.6 Å². The lowest BCUT2D eigenvalue weighted by atomic mass is 9.98. The molecule has 6 heteroatoms. The Labute approximate surface area is 186 Å². The van der Waals surface area contributed by atoms with E-state index in [0.717, 1.165) is 57.4 Å². The third kappa shape index (κ3) is 4.07. The molecule has 0 bridgehead atoms. The van der Waals surface area contributed by atoms with E-state index in [0.29, 0.717) is 12.4 Å². The zero-order valence-corrected chi connectivity index (χ0v) is 17.8. The van der Waals surface area contributed by atoms with Gasteiger partial charge in [-0.3, -0.25) is 4.98 Å². The lowest BCUT2D eigenvalue weighted by molar-refractivity contribution is 0.309. The predicted octanol–water partition coefficient (Wildman–Crippen LogP) is 5.61. The molecule has 6 nitrogen and oxygen atoms in total. The molecule has 0 atom stereocenters. The van der Waals surface area contributed by atoms with Crippen molar-refractivity contribution in [1.29, 1.82) is 0 Å². The van der Waals surface area contributed by atoms with Gasteiger partial charge in [-0.05, 0) is 40.5 Å². The van der Waals surface area contributed by atoms with Crippen molar-refractivity contribution in [2.75, 3.05) is 0 Å². The van der Waals surface area contributed by atoms with Gasteiger partial charge < -0.3 is 4.74 Å². The molecule has 0 aliphatic heterocycles. The fourth-order valence-corrected chi connectivity index (χ4v) is 3.85. The van der Waals surface area contributed by atoms with Crippen LogP contribution < -0.4 is 4.74 Å². The third-order valence-electron chi connectivity index (χ3n) is 5.41. The summed E-state index contributed by atoms with van der Waals surface area (Å²) in [5.41, 5.74) is 6.23. The number of hydrogen-bond acceptors (Lipinski definition) is 5. The first-order valence-corrected chi connectivity index (χ1v) is 10.8. The van der Waals surface area contributed by atoms with E-state index in [9.17, 15) is 0 Å². The zero-order chi connectivity index (χ0) is 21.8. The second kappa shape index (κ2) is 8.98. The number of aromatic nitrogens is 5. The quantitative estimate of drug-likeness (QED) is 0.369. The maximum absolute atomic E-state index is 6.25. The van der Waals surface area contributed by atoms with E-state index in [-0.39, 0.29) is 0 Å². The average Bonchev–Trinajstić information content (AvgIpc) is 3.38. The number of pyridine rings is 1. The largest absolute Gasteiger partial charge is 0.488 e. The molecule has 158 valence electrons. The lowest BCUT2D eigenvalue weighted by Gasteiger charge is -2.12. The topological polar surface area (TPSA) is 76.6 Å². The molecule has 0 saturated heterocycles. The number of H-pyrrole nitrogens is 1. The number of ether oxygens (including phenoxy) is 1. The van der Waals surface area contributed by atoms with E-state index in [2.05, 4.69) is 70.0 Å². The maximum atomic E-state index is 6.25. The van der Waals surface area contributed by atoms with Gasteiger partial charge in [-0.1, -0.05) is 74.0 Å². The van der Waals surface area contributed by atoms with Crippen molar-refractivity contribution in [3.63, 3.8) is 0 Å². The number of nitrogens with one attached hydrogen (secondary N) is 1. The standard InChI is InChI=1S/C26H23N5O/c1-2-7-20-16-25(23-10-5-6-11-24(23)27-20)32-17-18-12-14-19(15-13-18)21-8-3-4-9-22(21)26-28-30-31-29-26/h3-6,8-16H,2,7,17H2,1H3,(H,28,29,30,31). The molecule has 0 amide bonds. The number of aryl methyl sites for hydroxylation is 1. The van der Waals surface area contributed by atoms with E-state index in [1.165, 1.54) is 0 Å². The molecule has 2 aromatic heterocycles. The summed E-state index contributed by atoms with van der Waals surface area (Å²) >= 11 is 0. The second-order valence-corrected chi connectivity index (χ2v) is 7.65. The highest BCUT2D eigenvalue weighted by Crippen LogP contribution is 2.30. The summed E-state index contributed by atoms with van der Waals surface area (Å²) in [6, 6.07) is 26.7. The van der Waals surface area contributed by atoms with Crippen LogP contribution in [-0.2, 0) is 13.0 Å². The van der Waals surface area contributed by atoms with Crippen molar-refractivity contribution < 1.29 is 4.74 Å². The summed E-state index contributed by atoms with van der Waals surface area (Å²) in [4.78, 5) is 4.76. The summed E-state index contributed by atoms with van der Waals surface area (Å²) in [6.07, 6.45) is 1.99. The van der Waals surface area contributed by atoms with Crippen molar-refractivity contribution >= 4 is 10.9 Å². The van der Waals surface area contributed by atoms with Crippen molar-refractivity contribution in [2.24, 2.45) is 0 Å². The lowest BCUT2D eigenvalue weighted by Crippen LogP contribution is -1.99. The molecule has 0 saturated carbocycles. The Morgan fingerprint density at radius 2 is 1.66 bits per heavy atom. The van der Waals surface area contributed by atoms with Crippen LogP contribution in [-0.4, -0.2) is 25.6 Å². The fourth-order valence-electron chi connectivity index (χ4n) is 3.85. The molecule has 0 unspecified atom stereocenters. The number of rotatable bonds is 7. The van der Waals surface area contributed by atoms with Crippen LogP contribution in [0.25, 0.3) is 33.4 Å². The maximum Gasteiger partial charge on any atom is 0.205 e. The van der Waals surface area contributed by atoms with Gasteiger partial charge in [0.05, 0.1) is 5.52 Å². The van der Waals surface area contributed by atoms with Crippen LogP contribution in [0.2, 0.25) is 0 Å². The first-order valence-electron chi connectivity index (χ1n) is 10.8. The van der Waals surface area contributed by atoms with Gasteiger partial charge in [0.2, 0.25) is 5.82 Å². The minimum absolute atomic E-state index is 0.492. The zero-order valence-electron chi connectivity index (χ0n) is 17.8. The SMILES string of the molecule is CCCc1cc(OCc2ccc(-c3ccccc3-c3nn[nH]n3)cc2)c2ccccc2n1. The summed E-state index contributed by atoms with van der Waals surface area (Å²) in [5, 5.41) is 15.5. The van der Waals surface area contributed by atoms with Gasteiger partial charge in [-0.2, -0.15) is 5.21 Å². The van der Waals surface area contributed by atoms with Crippen molar-refractivity contribution in [3.05, 3.63) is 90.1 Å². The summed E-state index contributed by atoms with van der Waals surface area (Å²) in [5.74, 6) is 1.46. The Morgan fingerprint density at radius 3 is 2.44 bits per heavy atom. The van der Waals surface area contributed by atoms with Gasteiger partial charge in [0.15, 0.2) is 0 Å². The summed E-state index contributed by atoms with van der Waals surface area (Å²) in [6.45, 7) is 2.65. The normalized spacial score (nSPS) is 11.0. The summed E-state index contributed by atoms with van der Waals surface area (Å²) < 4.78 is 6.25. The van der Waals surface area contributed by atoms with E-state index in [1.807, 2.05) is 36.4 Å². The molecule has 0 aliphatic carbocycles. The number of fused-ring (bicyclic) bond motifs is 1. The number of tetrazole rings is 1. The van der Waals surface area contributed by atoms with E-state index >= 15 is 0 Å². The highest BCUT2D eigenvalue weighted by molar-refractivity contribution is 5.85. The van der Waals surface area contributed by atoms with Gasteiger partial charge in [-0.15, -0.1) is 10.2 Å². The molecule has 2 heterocycles. The molecular formula is C26H23N5O. The van der Waals surface area contributed by atoms with Crippen LogP contribution in [0.1, 0.15) is 24.6 Å². The van der Waals surface area contributed by atoms with Crippen molar-refractivity contribution in [2.45, 2.75) is 26.4 Å². The van der Waals surface area contributed by atoms with Gasteiger partial charge in [0.25, 0.3) is 0 Å². The Morgan fingerprint density at radius 1 is 0.875 bits per heavy atom.